The largest absolute Gasteiger partial charge is 0.382 e. The summed E-state index contributed by atoms with van der Waals surface area (Å²) in [5.41, 5.74) is 11.6. The molecule has 0 aliphatic carbocycles. The lowest BCUT2D eigenvalue weighted by atomic mass is 10.1. The van der Waals surface area contributed by atoms with E-state index in [0.717, 1.165) is 29.2 Å². The van der Waals surface area contributed by atoms with Crippen LogP contribution in [0, 0.1) is 0 Å². The molecule has 1 aliphatic rings. The van der Waals surface area contributed by atoms with Crippen molar-refractivity contribution in [1.82, 2.24) is 9.38 Å². The van der Waals surface area contributed by atoms with Gasteiger partial charge in [0, 0.05) is 13.1 Å². The summed E-state index contributed by atoms with van der Waals surface area (Å²) in [5.74, 6) is 0.607. The van der Waals surface area contributed by atoms with E-state index in [1.54, 1.807) is 0 Å². The molecule has 1 aromatic heterocycles. The van der Waals surface area contributed by atoms with E-state index in [0.29, 0.717) is 5.82 Å². The van der Waals surface area contributed by atoms with Gasteiger partial charge in [0.2, 0.25) is 0 Å². The van der Waals surface area contributed by atoms with Crippen LogP contribution in [-0.2, 0) is 0 Å². The minimum Gasteiger partial charge on any atom is -0.382 e. The SMILES string of the molecule is Nc1nsc(NN2CCCCC2)c1-c1ccccc1. The Morgan fingerprint density at radius 2 is 1.84 bits per heavy atom. The molecule has 2 heterocycles. The Kier molecular flexibility index (Phi) is 3.66. The van der Waals surface area contributed by atoms with Gasteiger partial charge in [0.15, 0.2) is 0 Å². The van der Waals surface area contributed by atoms with Gasteiger partial charge in [0.1, 0.15) is 10.8 Å². The number of rotatable bonds is 3. The minimum atomic E-state index is 0.607. The molecule has 19 heavy (non-hydrogen) atoms. The van der Waals surface area contributed by atoms with Crippen molar-refractivity contribution in [3.05, 3.63) is 30.3 Å². The summed E-state index contributed by atoms with van der Waals surface area (Å²) in [6.07, 6.45) is 3.83. The zero-order valence-corrected chi connectivity index (χ0v) is 11.6. The van der Waals surface area contributed by atoms with Crippen molar-refractivity contribution < 1.29 is 0 Å². The summed E-state index contributed by atoms with van der Waals surface area (Å²) < 4.78 is 4.29. The Hall–Kier alpha value is -1.59. The third-order valence-corrected chi connectivity index (χ3v) is 4.16. The van der Waals surface area contributed by atoms with Crippen LogP contribution in [0.2, 0.25) is 0 Å². The second-order valence-corrected chi connectivity index (χ2v) is 5.57. The highest BCUT2D eigenvalue weighted by Gasteiger charge is 2.17. The first-order valence-corrected chi connectivity index (χ1v) is 7.44. The van der Waals surface area contributed by atoms with Crippen molar-refractivity contribution in [2.24, 2.45) is 0 Å². The number of nitrogen functional groups attached to an aromatic ring is 1. The van der Waals surface area contributed by atoms with Crippen molar-refractivity contribution in [1.29, 1.82) is 0 Å². The lowest BCUT2D eigenvalue weighted by molar-refractivity contribution is 0.274. The van der Waals surface area contributed by atoms with Gasteiger partial charge in [-0.15, -0.1) is 0 Å². The molecule has 0 unspecified atom stereocenters. The van der Waals surface area contributed by atoms with Crippen LogP contribution in [0.5, 0.6) is 0 Å². The fourth-order valence-corrected chi connectivity index (χ4v) is 3.18. The normalized spacial score (nSPS) is 16.4. The van der Waals surface area contributed by atoms with Crippen LogP contribution in [0.1, 0.15) is 19.3 Å². The van der Waals surface area contributed by atoms with E-state index in [-0.39, 0.29) is 0 Å². The maximum Gasteiger partial charge on any atom is 0.147 e. The number of benzene rings is 1. The third kappa shape index (κ3) is 2.72. The summed E-state index contributed by atoms with van der Waals surface area (Å²) in [5, 5.41) is 3.31. The smallest absolute Gasteiger partial charge is 0.147 e. The number of nitrogens with two attached hydrogens (primary N) is 1. The van der Waals surface area contributed by atoms with Crippen molar-refractivity contribution in [3.8, 4) is 11.1 Å². The zero-order valence-electron chi connectivity index (χ0n) is 10.8. The number of hydrogen-bond donors (Lipinski definition) is 2. The summed E-state index contributed by atoms with van der Waals surface area (Å²) in [6.45, 7) is 2.18. The maximum absolute atomic E-state index is 6.02. The number of anilines is 2. The molecule has 5 heteroatoms. The van der Waals surface area contributed by atoms with E-state index in [1.165, 1.54) is 30.8 Å². The van der Waals surface area contributed by atoms with Gasteiger partial charge in [-0.3, -0.25) is 0 Å². The van der Waals surface area contributed by atoms with Crippen LogP contribution in [0.4, 0.5) is 10.8 Å². The van der Waals surface area contributed by atoms with Crippen LogP contribution < -0.4 is 11.2 Å². The minimum absolute atomic E-state index is 0.607. The highest BCUT2D eigenvalue weighted by atomic mass is 32.1. The van der Waals surface area contributed by atoms with Crippen LogP contribution >= 0.6 is 11.5 Å². The van der Waals surface area contributed by atoms with Crippen LogP contribution in [0.15, 0.2) is 30.3 Å². The second kappa shape index (κ2) is 5.59. The molecule has 2 aromatic rings. The number of nitrogens with zero attached hydrogens (tertiary/aromatic N) is 2. The van der Waals surface area contributed by atoms with Gasteiger partial charge in [0.25, 0.3) is 0 Å². The maximum atomic E-state index is 6.02. The van der Waals surface area contributed by atoms with Crippen molar-refractivity contribution >= 4 is 22.4 Å². The summed E-state index contributed by atoms with van der Waals surface area (Å²) in [4.78, 5) is 0. The first-order valence-electron chi connectivity index (χ1n) is 6.67. The Balaban J connectivity index is 1.86. The van der Waals surface area contributed by atoms with Crippen LogP contribution in [0.25, 0.3) is 11.1 Å². The van der Waals surface area contributed by atoms with Crippen LogP contribution in [0.3, 0.4) is 0 Å². The quantitative estimate of drug-likeness (QED) is 0.902. The summed E-state index contributed by atoms with van der Waals surface area (Å²) in [7, 11) is 0. The van der Waals surface area contributed by atoms with Gasteiger partial charge in [-0.2, -0.15) is 4.37 Å². The van der Waals surface area contributed by atoms with E-state index in [4.69, 9.17) is 5.73 Å². The number of piperidine rings is 1. The number of hydrogen-bond acceptors (Lipinski definition) is 5. The lowest BCUT2D eigenvalue weighted by Crippen LogP contribution is -2.34. The fourth-order valence-electron chi connectivity index (χ4n) is 2.41. The molecule has 1 aromatic carbocycles. The lowest BCUT2D eigenvalue weighted by Gasteiger charge is -2.27. The Labute approximate surface area is 117 Å². The molecule has 0 bridgehead atoms. The van der Waals surface area contributed by atoms with Gasteiger partial charge in [-0.25, -0.2) is 5.01 Å². The summed E-state index contributed by atoms with van der Waals surface area (Å²) in [6, 6.07) is 10.2. The molecule has 1 fully saturated rings. The highest BCUT2D eigenvalue weighted by molar-refractivity contribution is 7.11. The molecule has 0 radical (unpaired) electrons. The van der Waals surface area contributed by atoms with Gasteiger partial charge in [-0.05, 0) is 29.9 Å². The Morgan fingerprint density at radius 1 is 1.11 bits per heavy atom. The van der Waals surface area contributed by atoms with Crippen molar-refractivity contribution in [3.63, 3.8) is 0 Å². The topological polar surface area (TPSA) is 54.2 Å². The van der Waals surface area contributed by atoms with E-state index in [2.05, 4.69) is 26.9 Å². The number of nitrogens with one attached hydrogen (secondary N) is 1. The van der Waals surface area contributed by atoms with Gasteiger partial charge < -0.3 is 11.2 Å². The molecule has 0 atom stereocenters. The molecule has 0 saturated carbocycles. The van der Waals surface area contributed by atoms with E-state index in [9.17, 15) is 0 Å². The Bertz CT molecular complexity index is 532. The standard InChI is InChI=1S/C14H18N4S/c15-13-12(11-7-3-1-4-8-11)14(19-17-13)16-18-9-5-2-6-10-18/h1,3-4,7-8,16H,2,5-6,9-10H2,(H2,15,17). The fraction of sp³-hybridized carbons (Fsp3) is 0.357. The second-order valence-electron chi connectivity index (χ2n) is 4.80. The molecule has 3 rings (SSSR count). The number of hydrazine groups is 1. The van der Waals surface area contributed by atoms with Gasteiger partial charge >= 0.3 is 0 Å². The number of aromatic nitrogens is 1. The molecule has 0 amide bonds. The van der Waals surface area contributed by atoms with Gasteiger partial charge in [-0.1, -0.05) is 36.8 Å². The molecule has 1 saturated heterocycles. The first-order chi connectivity index (χ1) is 9.34. The zero-order chi connectivity index (χ0) is 13.1. The predicted octanol–water partition coefficient (Wildman–Crippen LogP) is 3.21. The molecule has 1 aliphatic heterocycles. The average molecular weight is 274 g/mol. The molecular formula is C14H18N4S. The molecule has 4 nitrogen and oxygen atoms in total. The third-order valence-electron chi connectivity index (χ3n) is 3.40. The molecule has 0 spiro atoms. The van der Waals surface area contributed by atoms with Crippen LogP contribution in [-0.4, -0.2) is 22.5 Å². The molecule has 3 N–H and O–H groups in total. The predicted molar refractivity (Wildman–Crippen MR) is 81.0 cm³/mol. The summed E-state index contributed by atoms with van der Waals surface area (Å²) >= 11 is 1.44. The van der Waals surface area contributed by atoms with E-state index < -0.39 is 0 Å². The monoisotopic (exact) mass is 274 g/mol. The van der Waals surface area contributed by atoms with Crippen molar-refractivity contribution in [2.45, 2.75) is 19.3 Å². The molecular weight excluding hydrogens is 256 g/mol. The van der Waals surface area contributed by atoms with E-state index >= 15 is 0 Å². The van der Waals surface area contributed by atoms with E-state index in [1.807, 2.05) is 18.2 Å². The average Bonchev–Trinajstić information content (AvgIpc) is 2.82. The first kappa shape index (κ1) is 12.4. The molecule has 100 valence electrons. The van der Waals surface area contributed by atoms with Crippen molar-refractivity contribution in [2.75, 3.05) is 24.2 Å². The van der Waals surface area contributed by atoms with Gasteiger partial charge in [0.05, 0.1) is 5.56 Å². The Morgan fingerprint density at radius 3 is 2.58 bits per heavy atom. The highest BCUT2D eigenvalue weighted by Crippen LogP contribution is 2.37.